The summed E-state index contributed by atoms with van der Waals surface area (Å²) in [6.45, 7) is 6.23. The first-order valence-corrected chi connectivity index (χ1v) is 8.62. The van der Waals surface area contributed by atoms with Gasteiger partial charge in [-0.05, 0) is 45.0 Å². The molecule has 1 aliphatic heterocycles. The first-order valence-electron chi connectivity index (χ1n) is 8.62. The van der Waals surface area contributed by atoms with E-state index in [1.807, 2.05) is 25.1 Å². The van der Waals surface area contributed by atoms with Gasteiger partial charge in [0.25, 0.3) is 0 Å². The van der Waals surface area contributed by atoms with Crippen LogP contribution in [0.4, 0.5) is 11.4 Å². The Hall–Kier alpha value is -2.08. The summed E-state index contributed by atoms with van der Waals surface area (Å²) < 4.78 is 0. The maximum Gasteiger partial charge on any atom is 0.246 e. The fraction of sp³-hybridized carbons (Fsp3) is 0.556. The van der Waals surface area contributed by atoms with Crippen LogP contribution >= 0.6 is 0 Å². The van der Waals surface area contributed by atoms with Crippen LogP contribution in [0.5, 0.6) is 0 Å². The average molecular weight is 332 g/mol. The minimum Gasteiger partial charge on any atom is -0.371 e. The lowest BCUT2D eigenvalue weighted by Crippen LogP contribution is -2.45. The highest BCUT2D eigenvalue weighted by Gasteiger charge is 2.20. The van der Waals surface area contributed by atoms with Gasteiger partial charge in [-0.15, -0.1) is 0 Å². The first-order chi connectivity index (χ1) is 11.5. The van der Waals surface area contributed by atoms with Gasteiger partial charge < -0.3 is 20.9 Å². The van der Waals surface area contributed by atoms with E-state index in [0.29, 0.717) is 6.54 Å². The molecule has 0 aliphatic carbocycles. The molecule has 1 fully saturated rings. The van der Waals surface area contributed by atoms with Crippen molar-refractivity contribution in [2.45, 2.75) is 32.7 Å². The molecule has 2 unspecified atom stereocenters. The summed E-state index contributed by atoms with van der Waals surface area (Å²) in [6, 6.07) is 7.29. The van der Waals surface area contributed by atoms with E-state index in [1.54, 1.807) is 14.0 Å². The van der Waals surface area contributed by atoms with Crippen molar-refractivity contribution in [2.75, 3.05) is 36.9 Å². The Kier molecular flexibility index (Phi) is 6.61. The predicted molar refractivity (Wildman–Crippen MR) is 97.2 cm³/mol. The Morgan fingerprint density at radius 3 is 2.54 bits per heavy atom. The van der Waals surface area contributed by atoms with Gasteiger partial charge >= 0.3 is 0 Å². The summed E-state index contributed by atoms with van der Waals surface area (Å²) in [6.07, 6.45) is 2.43. The van der Waals surface area contributed by atoms with E-state index in [-0.39, 0.29) is 17.7 Å². The lowest BCUT2D eigenvalue weighted by atomic mass is 10.1. The van der Waals surface area contributed by atoms with Crippen LogP contribution in [0.15, 0.2) is 24.3 Å². The van der Waals surface area contributed by atoms with Gasteiger partial charge in [0.2, 0.25) is 11.8 Å². The van der Waals surface area contributed by atoms with E-state index in [1.165, 1.54) is 12.8 Å². The number of hydrogen-bond donors (Lipinski definition) is 3. The lowest BCUT2D eigenvalue weighted by molar-refractivity contribution is -0.128. The molecule has 0 radical (unpaired) electrons. The molecule has 24 heavy (non-hydrogen) atoms. The van der Waals surface area contributed by atoms with Crippen LogP contribution in [0, 0.1) is 5.92 Å². The van der Waals surface area contributed by atoms with Gasteiger partial charge in [-0.2, -0.15) is 0 Å². The quantitative estimate of drug-likeness (QED) is 0.709. The van der Waals surface area contributed by atoms with Gasteiger partial charge in [-0.1, -0.05) is 13.0 Å². The van der Waals surface area contributed by atoms with Gasteiger partial charge in [-0.25, -0.2) is 0 Å². The van der Waals surface area contributed by atoms with Crippen LogP contribution < -0.4 is 20.9 Å². The van der Waals surface area contributed by atoms with Gasteiger partial charge in [-0.3, -0.25) is 9.59 Å². The van der Waals surface area contributed by atoms with Crippen LogP contribution in [-0.2, 0) is 9.59 Å². The van der Waals surface area contributed by atoms with Crippen molar-refractivity contribution >= 4 is 23.2 Å². The lowest BCUT2D eigenvalue weighted by Gasteiger charge is -2.20. The second kappa shape index (κ2) is 8.68. The van der Waals surface area contributed by atoms with E-state index < -0.39 is 6.04 Å². The van der Waals surface area contributed by atoms with E-state index in [2.05, 4.69) is 26.9 Å². The van der Waals surface area contributed by atoms with Crippen LogP contribution in [0.25, 0.3) is 0 Å². The smallest absolute Gasteiger partial charge is 0.246 e. The van der Waals surface area contributed by atoms with Gasteiger partial charge in [0.1, 0.15) is 6.04 Å². The Balaban J connectivity index is 1.91. The van der Waals surface area contributed by atoms with Crippen molar-refractivity contribution in [3.05, 3.63) is 24.3 Å². The minimum absolute atomic E-state index is 0.127. The monoisotopic (exact) mass is 332 g/mol. The zero-order chi connectivity index (χ0) is 17.5. The number of hydrogen-bond acceptors (Lipinski definition) is 4. The van der Waals surface area contributed by atoms with Crippen LogP contribution in [0.1, 0.15) is 26.7 Å². The summed E-state index contributed by atoms with van der Waals surface area (Å²) >= 11 is 0. The fourth-order valence-electron chi connectivity index (χ4n) is 2.83. The summed E-state index contributed by atoms with van der Waals surface area (Å²) in [5, 5.41) is 8.60. The Morgan fingerprint density at radius 1 is 1.17 bits per heavy atom. The molecule has 0 saturated carbocycles. The minimum atomic E-state index is -0.577. The highest BCUT2D eigenvalue weighted by Crippen LogP contribution is 2.23. The standard InChI is InChI=1S/C18H28N4O2/c1-13(12-19-3)17(23)20-14(2)18(24)21-15-7-6-8-16(11-15)22-9-4-5-10-22/h6-8,11,13-14,19H,4-5,9-10,12H2,1-3H3,(H,20,23)(H,21,24). The largest absolute Gasteiger partial charge is 0.371 e. The third kappa shape index (κ3) is 4.96. The molecule has 1 aromatic rings. The van der Waals surface area contributed by atoms with Crippen LogP contribution in [-0.4, -0.2) is 44.5 Å². The maximum absolute atomic E-state index is 12.3. The van der Waals surface area contributed by atoms with Crippen molar-refractivity contribution in [2.24, 2.45) is 5.92 Å². The van der Waals surface area contributed by atoms with Gasteiger partial charge in [0.15, 0.2) is 0 Å². The molecule has 2 atom stereocenters. The molecule has 0 spiro atoms. The highest BCUT2D eigenvalue weighted by molar-refractivity contribution is 5.97. The highest BCUT2D eigenvalue weighted by atomic mass is 16.2. The number of amides is 2. The molecule has 1 aromatic carbocycles. The molecule has 132 valence electrons. The molecule has 0 bridgehead atoms. The number of nitrogens with one attached hydrogen (secondary N) is 3. The maximum atomic E-state index is 12.3. The molecule has 0 aromatic heterocycles. The fourth-order valence-corrected chi connectivity index (χ4v) is 2.83. The molecule has 2 rings (SSSR count). The van der Waals surface area contributed by atoms with Crippen molar-refractivity contribution < 1.29 is 9.59 Å². The number of anilines is 2. The number of nitrogens with zero attached hydrogens (tertiary/aromatic N) is 1. The Labute approximate surface area is 144 Å². The molecule has 1 aliphatic rings. The topological polar surface area (TPSA) is 73.5 Å². The molecular weight excluding hydrogens is 304 g/mol. The number of carbonyl (C=O) groups excluding carboxylic acids is 2. The van der Waals surface area contributed by atoms with Crippen molar-refractivity contribution in [1.29, 1.82) is 0 Å². The molecular formula is C18H28N4O2. The molecule has 1 saturated heterocycles. The van der Waals surface area contributed by atoms with E-state index in [9.17, 15) is 9.59 Å². The molecule has 1 heterocycles. The van der Waals surface area contributed by atoms with E-state index in [4.69, 9.17) is 0 Å². The third-order valence-corrected chi connectivity index (χ3v) is 4.29. The predicted octanol–water partition coefficient (Wildman–Crippen LogP) is 1.59. The summed E-state index contributed by atoms with van der Waals surface area (Å²) in [5.41, 5.74) is 1.89. The Morgan fingerprint density at radius 2 is 1.88 bits per heavy atom. The summed E-state index contributed by atoms with van der Waals surface area (Å²) in [4.78, 5) is 26.6. The molecule has 6 nitrogen and oxygen atoms in total. The second-order valence-corrected chi connectivity index (χ2v) is 6.42. The third-order valence-electron chi connectivity index (χ3n) is 4.29. The number of rotatable bonds is 7. The van der Waals surface area contributed by atoms with Gasteiger partial charge in [0, 0.05) is 36.9 Å². The van der Waals surface area contributed by atoms with Crippen LogP contribution in [0.2, 0.25) is 0 Å². The molecule has 3 N–H and O–H groups in total. The zero-order valence-corrected chi connectivity index (χ0v) is 14.8. The SMILES string of the molecule is CNCC(C)C(=O)NC(C)C(=O)Nc1cccc(N2CCCC2)c1. The van der Waals surface area contributed by atoms with Crippen molar-refractivity contribution in [3.63, 3.8) is 0 Å². The Bertz CT molecular complexity index is 570. The van der Waals surface area contributed by atoms with E-state index in [0.717, 1.165) is 24.5 Å². The molecule has 2 amide bonds. The second-order valence-electron chi connectivity index (χ2n) is 6.42. The number of carbonyl (C=O) groups is 2. The van der Waals surface area contributed by atoms with Crippen LogP contribution in [0.3, 0.4) is 0 Å². The average Bonchev–Trinajstić information content (AvgIpc) is 3.09. The molecule has 6 heteroatoms. The zero-order valence-electron chi connectivity index (χ0n) is 14.8. The van der Waals surface area contributed by atoms with Gasteiger partial charge in [0.05, 0.1) is 0 Å². The number of benzene rings is 1. The normalized spacial score (nSPS) is 16.5. The van der Waals surface area contributed by atoms with Crippen molar-refractivity contribution in [1.82, 2.24) is 10.6 Å². The first kappa shape index (κ1) is 18.3. The van der Waals surface area contributed by atoms with Crippen molar-refractivity contribution in [3.8, 4) is 0 Å². The van der Waals surface area contributed by atoms with E-state index >= 15 is 0 Å². The summed E-state index contributed by atoms with van der Waals surface area (Å²) in [5.74, 6) is -0.514. The summed E-state index contributed by atoms with van der Waals surface area (Å²) in [7, 11) is 1.80.